The van der Waals surface area contributed by atoms with E-state index in [4.69, 9.17) is 4.74 Å². The Hall–Kier alpha value is -3.11. The third kappa shape index (κ3) is 3.70. The van der Waals surface area contributed by atoms with Crippen molar-refractivity contribution in [3.8, 4) is 11.8 Å². The lowest BCUT2D eigenvalue weighted by atomic mass is 9.89. The Labute approximate surface area is 195 Å². The highest BCUT2D eigenvalue weighted by Gasteiger charge is 2.57. The van der Waals surface area contributed by atoms with Crippen LogP contribution in [-0.2, 0) is 19.7 Å². The summed E-state index contributed by atoms with van der Waals surface area (Å²) in [6.07, 6.45) is 2.28. The normalized spacial score (nSPS) is 29.1. The van der Waals surface area contributed by atoms with Gasteiger partial charge in [0.05, 0.1) is 30.2 Å². The number of carbonyl (C=O) groups is 2. The molecule has 13 heteroatoms. The van der Waals surface area contributed by atoms with Crippen molar-refractivity contribution < 1.29 is 32.2 Å². The van der Waals surface area contributed by atoms with Gasteiger partial charge in [0.15, 0.2) is 5.82 Å². The largest absolute Gasteiger partial charge is 0.506 e. The van der Waals surface area contributed by atoms with Crippen LogP contribution >= 0.6 is 0 Å². The third-order valence-electron chi connectivity index (χ3n) is 7.10. The molecular weight excluding hydrogens is 469 g/mol. The second kappa shape index (κ2) is 7.99. The molecule has 3 N–H and O–H groups in total. The van der Waals surface area contributed by atoms with Crippen LogP contribution in [0.25, 0.3) is 0 Å². The van der Waals surface area contributed by atoms with Crippen molar-refractivity contribution in [2.24, 2.45) is 5.41 Å². The van der Waals surface area contributed by atoms with E-state index in [1.54, 1.807) is 9.62 Å². The summed E-state index contributed by atoms with van der Waals surface area (Å²) >= 11 is 0. The average Bonchev–Trinajstić information content (AvgIpc) is 3.08. The number of likely N-dealkylation sites (tertiary alicyclic amines) is 1. The number of rotatable bonds is 4. The molecule has 34 heavy (non-hydrogen) atoms. The number of nitrogens with zero attached hydrogens (tertiary/aromatic N) is 3. The van der Waals surface area contributed by atoms with Gasteiger partial charge in [0.2, 0.25) is 0 Å². The number of phenols is 1. The van der Waals surface area contributed by atoms with Crippen LogP contribution in [0.3, 0.4) is 0 Å². The van der Waals surface area contributed by atoms with Crippen LogP contribution in [0.2, 0.25) is 0 Å². The first kappa shape index (κ1) is 22.7. The van der Waals surface area contributed by atoms with Crippen LogP contribution in [0, 0.1) is 22.6 Å². The zero-order chi connectivity index (χ0) is 24.3. The second-order valence-corrected chi connectivity index (χ2v) is 10.8. The molecule has 5 rings (SSSR count). The highest BCUT2D eigenvalue weighted by atomic mass is 32.2. The first-order chi connectivity index (χ1) is 16.1. The molecule has 182 valence electrons. The van der Waals surface area contributed by atoms with Gasteiger partial charge in [0.1, 0.15) is 18.0 Å². The molecule has 0 radical (unpaired) electrons. The first-order valence-electron chi connectivity index (χ1n) is 11.1. The van der Waals surface area contributed by atoms with Crippen molar-refractivity contribution in [1.29, 1.82) is 5.26 Å². The van der Waals surface area contributed by atoms with Gasteiger partial charge in [-0.15, -0.1) is 0 Å². The molecule has 1 saturated carbocycles. The van der Waals surface area contributed by atoms with Gasteiger partial charge >= 0.3 is 16.2 Å². The van der Waals surface area contributed by atoms with Crippen LogP contribution in [0.1, 0.15) is 37.2 Å². The summed E-state index contributed by atoms with van der Waals surface area (Å²) in [5.41, 5.74) is -1.19. The van der Waals surface area contributed by atoms with Crippen LogP contribution in [0.5, 0.6) is 5.75 Å². The highest BCUT2D eigenvalue weighted by molar-refractivity contribution is 7.92. The zero-order valence-electron chi connectivity index (χ0n) is 18.2. The molecule has 0 aromatic heterocycles. The van der Waals surface area contributed by atoms with Crippen LogP contribution in [0.15, 0.2) is 12.1 Å². The van der Waals surface area contributed by atoms with Gasteiger partial charge in [-0.2, -0.15) is 13.7 Å². The molecular formula is C21H24FN5O6S. The quantitative estimate of drug-likeness (QED) is 0.557. The number of amides is 3. The zero-order valence-corrected chi connectivity index (χ0v) is 19.0. The number of anilines is 1. The number of urea groups is 1. The number of nitrogens with one attached hydrogen (secondary N) is 2. The lowest BCUT2D eigenvalue weighted by molar-refractivity contribution is -0.117. The smallest absolute Gasteiger partial charge is 0.326 e. The number of aromatic hydroxyl groups is 1. The van der Waals surface area contributed by atoms with E-state index in [2.05, 4.69) is 11.4 Å². The molecule has 3 heterocycles. The number of hydrogen-bond acceptors (Lipinski definition) is 7. The van der Waals surface area contributed by atoms with Gasteiger partial charge in [0.25, 0.3) is 5.91 Å². The van der Waals surface area contributed by atoms with Crippen molar-refractivity contribution in [1.82, 2.24) is 14.9 Å². The van der Waals surface area contributed by atoms with E-state index in [0.717, 1.165) is 0 Å². The number of carbonyl (C=O) groups excluding carboxylic acids is 2. The topological polar surface area (TPSA) is 152 Å². The number of hydrogen-bond donors (Lipinski definition) is 3. The molecule has 11 nitrogen and oxygen atoms in total. The molecule has 3 amide bonds. The lowest BCUT2D eigenvalue weighted by Gasteiger charge is -2.29. The predicted octanol–water partition coefficient (Wildman–Crippen LogP) is 0.672. The summed E-state index contributed by atoms with van der Waals surface area (Å²) in [6, 6.07) is 3.95. The van der Waals surface area contributed by atoms with Crippen LogP contribution in [0.4, 0.5) is 14.9 Å². The van der Waals surface area contributed by atoms with E-state index in [-0.39, 0.29) is 24.2 Å². The molecule has 1 aromatic carbocycles. The Morgan fingerprint density at radius 2 is 2.15 bits per heavy atom. The minimum absolute atomic E-state index is 0.112. The van der Waals surface area contributed by atoms with Crippen molar-refractivity contribution >= 4 is 27.8 Å². The molecule has 4 fully saturated rings. The number of benzene rings is 1. The van der Waals surface area contributed by atoms with E-state index < -0.39 is 57.3 Å². The lowest BCUT2D eigenvalue weighted by Crippen LogP contribution is -2.49. The predicted molar refractivity (Wildman–Crippen MR) is 115 cm³/mol. The molecule has 1 aromatic rings. The van der Waals surface area contributed by atoms with E-state index in [9.17, 15) is 28.4 Å². The summed E-state index contributed by atoms with van der Waals surface area (Å²) in [5, 5.41) is 23.0. The second-order valence-electron chi connectivity index (χ2n) is 9.25. The number of nitriles is 1. The van der Waals surface area contributed by atoms with E-state index in [1.807, 2.05) is 0 Å². The Morgan fingerprint density at radius 1 is 1.38 bits per heavy atom. The minimum Gasteiger partial charge on any atom is -0.506 e. The van der Waals surface area contributed by atoms with Crippen molar-refractivity contribution in [2.75, 3.05) is 30.6 Å². The SMILES string of the molecule is N#CC1(C2CC(c3ccc(O)c(N4CC(=O)NS4(=O)=O)c3F)CN2C(=O)NC2CCOC2)CC1. The Bertz CT molecular complexity index is 1190. The highest BCUT2D eigenvalue weighted by Crippen LogP contribution is 2.55. The standard InChI is InChI=1S/C21H24FN5O6S/c22-18-14(1-2-15(28)19(18)27-9-17(29)25-34(27,31)32)12-7-16(21(11-23)4-5-21)26(8-12)20(30)24-13-3-6-33-10-13/h1-2,12-13,16,28H,3-10H2,(H,24,30)(H,25,29). The molecule has 3 atom stereocenters. The van der Waals surface area contributed by atoms with Gasteiger partial charge in [0, 0.05) is 19.1 Å². The van der Waals surface area contributed by atoms with E-state index >= 15 is 4.39 Å². The minimum atomic E-state index is -4.34. The van der Waals surface area contributed by atoms with Crippen molar-refractivity contribution in [3.63, 3.8) is 0 Å². The summed E-state index contributed by atoms with van der Waals surface area (Å²) in [6.45, 7) is 0.430. The third-order valence-corrected chi connectivity index (χ3v) is 8.48. The maximum atomic E-state index is 15.7. The summed E-state index contributed by atoms with van der Waals surface area (Å²) in [5.74, 6) is -2.97. The Morgan fingerprint density at radius 3 is 2.74 bits per heavy atom. The monoisotopic (exact) mass is 493 g/mol. The fourth-order valence-corrected chi connectivity index (χ4v) is 6.30. The average molecular weight is 494 g/mol. The van der Waals surface area contributed by atoms with Gasteiger partial charge in [-0.25, -0.2) is 18.2 Å². The van der Waals surface area contributed by atoms with Gasteiger partial charge in [-0.05, 0) is 37.3 Å². The fourth-order valence-electron chi connectivity index (χ4n) is 5.14. The summed E-state index contributed by atoms with van der Waals surface area (Å²) in [7, 11) is -4.34. The Kier molecular flexibility index (Phi) is 5.33. The number of ether oxygens (including phenoxy) is 1. The first-order valence-corrected chi connectivity index (χ1v) is 12.5. The van der Waals surface area contributed by atoms with Crippen molar-refractivity contribution in [2.45, 2.75) is 43.7 Å². The Balaban J connectivity index is 1.46. The molecule has 0 spiro atoms. The number of phenolic OH excluding ortho intramolecular Hbond substituents is 1. The summed E-state index contributed by atoms with van der Waals surface area (Å²) < 4.78 is 47.8. The molecule has 1 aliphatic carbocycles. The maximum absolute atomic E-state index is 15.7. The fraction of sp³-hybridized carbons (Fsp3) is 0.571. The van der Waals surface area contributed by atoms with Crippen LogP contribution in [-0.4, -0.2) is 68.7 Å². The molecule has 3 saturated heterocycles. The molecule has 4 aliphatic rings. The van der Waals surface area contributed by atoms with E-state index in [1.165, 1.54) is 12.1 Å². The van der Waals surface area contributed by atoms with Gasteiger partial charge in [-0.1, -0.05) is 6.07 Å². The van der Waals surface area contributed by atoms with Gasteiger partial charge < -0.3 is 20.1 Å². The molecule has 3 unspecified atom stereocenters. The summed E-state index contributed by atoms with van der Waals surface area (Å²) in [4.78, 5) is 26.3. The van der Waals surface area contributed by atoms with E-state index in [0.29, 0.717) is 43.2 Å². The van der Waals surface area contributed by atoms with Crippen LogP contribution < -0.4 is 14.3 Å². The van der Waals surface area contributed by atoms with Crippen molar-refractivity contribution in [3.05, 3.63) is 23.5 Å². The molecule has 0 bridgehead atoms. The molecule has 3 aliphatic heterocycles. The van der Waals surface area contributed by atoms with Gasteiger partial charge in [-0.3, -0.25) is 4.79 Å². The number of halogens is 1. The maximum Gasteiger partial charge on any atom is 0.326 e.